The molecule has 0 amide bonds. The van der Waals surface area contributed by atoms with Gasteiger partial charge in [0.05, 0.1) is 12.4 Å². The average Bonchev–Trinajstić information content (AvgIpc) is 2.38. The Bertz CT molecular complexity index is 501. The molecule has 0 aliphatic rings. The van der Waals surface area contributed by atoms with Crippen molar-refractivity contribution >= 4 is 27.6 Å². The molecule has 0 bridgehead atoms. The standard InChI is InChI=1S/C12H13BrN4/c1-14-11-7-15-8-12(17-11)16-6-9-4-2-3-5-10(9)13/h2-5,7-8H,6H2,1H3,(H2,14,16,17). The zero-order valence-electron chi connectivity index (χ0n) is 9.44. The van der Waals surface area contributed by atoms with Crippen molar-refractivity contribution in [1.82, 2.24) is 9.97 Å². The lowest BCUT2D eigenvalue weighted by molar-refractivity contribution is 1.08. The highest BCUT2D eigenvalue weighted by Crippen LogP contribution is 2.17. The van der Waals surface area contributed by atoms with E-state index in [0.717, 1.165) is 16.1 Å². The third-order valence-electron chi connectivity index (χ3n) is 2.31. The third-order valence-corrected chi connectivity index (χ3v) is 3.08. The van der Waals surface area contributed by atoms with E-state index in [9.17, 15) is 0 Å². The molecular weight excluding hydrogens is 280 g/mol. The van der Waals surface area contributed by atoms with Crippen LogP contribution in [0.4, 0.5) is 11.6 Å². The molecule has 5 heteroatoms. The Hall–Kier alpha value is -1.62. The largest absolute Gasteiger partial charge is 0.372 e. The van der Waals surface area contributed by atoms with Crippen LogP contribution in [0.2, 0.25) is 0 Å². The van der Waals surface area contributed by atoms with E-state index in [1.54, 1.807) is 12.4 Å². The summed E-state index contributed by atoms with van der Waals surface area (Å²) in [5.41, 5.74) is 1.18. The molecule has 1 heterocycles. The first-order valence-electron chi connectivity index (χ1n) is 5.26. The quantitative estimate of drug-likeness (QED) is 0.910. The van der Waals surface area contributed by atoms with Crippen molar-refractivity contribution in [3.63, 3.8) is 0 Å². The lowest BCUT2D eigenvalue weighted by Gasteiger charge is -2.08. The number of aromatic nitrogens is 2. The van der Waals surface area contributed by atoms with Crippen molar-refractivity contribution in [2.24, 2.45) is 0 Å². The Labute approximate surface area is 109 Å². The van der Waals surface area contributed by atoms with E-state index in [4.69, 9.17) is 0 Å². The van der Waals surface area contributed by atoms with Crippen LogP contribution in [0.25, 0.3) is 0 Å². The lowest BCUT2D eigenvalue weighted by atomic mass is 10.2. The number of nitrogens with zero attached hydrogens (tertiary/aromatic N) is 2. The average molecular weight is 293 g/mol. The monoisotopic (exact) mass is 292 g/mol. The van der Waals surface area contributed by atoms with Gasteiger partial charge in [0.25, 0.3) is 0 Å². The maximum Gasteiger partial charge on any atom is 0.147 e. The zero-order valence-corrected chi connectivity index (χ0v) is 11.0. The smallest absolute Gasteiger partial charge is 0.147 e. The molecule has 4 nitrogen and oxygen atoms in total. The van der Waals surface area contributed by atoms with Gasteiger partial charge < -0.3 is 10.6 Å². The second kappa shape index (κ2) is 5.63. The van der Waals surface area contributed by atoms with Gasteiger partial charge in [-0.25, -0.2) is 4.98 Å². The first-order valence-corrected chi connectivity index (χ1v) is 6.06. The van der Waals surface area contributed by atoms with Crippen molar-refractivity contribution in [1.29, 1.82) is 0 Å². The molecule has 0 aliphatic heterocycles. The first-order chi connectivity index (χ1) is 8.29. The summed E-state index contributed by atoms with van der Waals surface area (Å²) in [7, 11) is 1.82. The molecule has 17 heavy (non-hydrogen) atoms. The van der Waals surface area contributed by atoms with E-state index in [-0.39, 0.29) is 0 Å². The molecule has 0 spiro atoms. The Morgan fingerprint density at radius 1 is 1.18 bits per heavy atom. The van der Waals surface area contributed by atoms with Crippen molar-refractivity contribution < 1.29 is 0 Å². The van der Waals surface area contributed by atoms with Gasteiger partial charge in [-0.3, -0.25) is 4.98 Å². The number of hydrogen-bond donors (Lipinski definition) is 2. The van der Waals surface area contributed by atoms with E-state index in [1.165, 1.54) is 5.56 Å². The van der Waals surface area contributed by atoms with Crippen LogP contribution < -0.4 is 10.6 Å². The van der Waals surface area contributed by atoms with Gasteiger partial charge in [-0.1, -0.05) is 34.1 Å². The molecule has 0 atom stereocenters. The summed E-state index contributed by atoms with van der Waals surface area (Å²) in [5.74, 6) is 1.51. The highest BCUT2D eigenvalue weighted by atomic mass is 79.9. The normalized spacial score (nSPS) is 10.0. The topological polar surface area (TPSA) is 49.8 Å². The molecule has 0 fully saturated rings. The van der Waals surface area contributed by atoms with Crippen LogP contribution in [-0.2, 0) is 6.54 Å². The summed E-state index contributed by atoms with van der Waals surface area (Å²) >= 11 is 3.51. The molecule has 88 valence electrons. The number of hydrogen-bond acceptors (Lipinski definition) is 4. The van der Waals surface area contributed by atoms with Gasteiger partial charge in [-0.05, 0) is 11.6 Å². The Morgan fingerprint density at radius 3 is 2.71 bits per heavy atom. The molecular formula is C12H13BrN4. The fourth-order valence-corrected chi connectivity index (χ4v) is 1.82. The summed E-state index contributed by atoms with van der Waals surface area (Å²) in [5, 5.41) is 6.19. The second-order valence-electron chi connectivity index (χ2n) is 3.48. The lowest BCUT2D eigenvalue weighted by Crippen LogP contribution is -2.04. The van der Waals surface area contributed by atoms with E-state index in [0.29, 0.717) is 6.54 Å². The molecule has 0 unspecified atom stereocenters. The van der Waals surface area contributed by atoms with E-state index < -0.39 is 0 Å². The van der Waals surface area contributed by atoms with Gasteiger partial charge in [0.1, 0.15) is 11.6 Å². The second-order valence-corrected chi connectivity index (χ2v) is 4.34. The number of halogens is 1. The van der Waals surface area contributed by atoms with Gasteiger partial charge in [-0.15, -0.1) is 0 Å². The molecule has 2 N–H and O–H groups in total. The molecule has 1 aromatic heterocycles. The number of benzene rings is 1. The van der Waals surface area contributed by atoms with Crippen molar-refractivity contribution in [3.05, 3.63) is 46.7 Å². The predicted octanol–water partition coefficient (Wildman–Crippen LogP) is 2.89. The predicted molar refractivity (Wildman–Crippen MR) is 73.0 cm³/mol. The van der Waals surface area contributed by atoms with Crippen LogP contribution in [0.3, 0.4) is 0 Å². The van der Waals surface area contributed by atoms with Crippen LogP contribution in [0.1, 0.15) is 5.56 Å². The van der Waals surface area contributed by atoms with Crippen LogP contribution in [0.5, 0.6) is 0 Å². The molecule has 0 saturated carbocycles. The van der Waals surface area contributed by atoms with Crippen molar-refractivity contribution in [2.45, 2.75) is 6.54 Å². The van der Waals surface area contributed by atoms with Crippen LogP contribution >= 0.6 is 15.9 Å². The fraction of sp³-hybridized carbons (Fsp3) is 0.167. The first kappa shape index (κ1) is 11.9. The molecule has 0 aliphatic carbocycles. The SMILES string of the molecule is CNc1cncc(NCc2ccccc2Br)n1. The molecule has 2 aromatic rings. The minimum absolute atomic E-state index is 0.712. The van der Waals surface area contributed by atoms with Crippen LogP contribution in [0.15, 0.2) is 41.1 Å². The Balaban J connectivity index is 2.05. The number of anilines is 2. The Morgan fingerprint density at radius 2 is 1.94 bits per heavy atom. The number of nitrogens with one attached hydrogen (secondary N) is 2. The maximum absolute atomic E-state index is 4.34. The van der Waals surface area contributed by atoms with Gasteiger partial charge in [0.15, 0.2) is 0 Å². The summed E-state index contributed by atoms with van der Waals surface area (Å²) < 4.78 is 1.09. The minimum atomic E-state index is 0.712. The van der Waals surface area contributed by atoms with Crippen molar-refractivity contribution in [3.8, 4) is 0 Å². The van der Waals surface area contributed by atoms with Gasteiger partial charge in [-0.2, -0.15) is 0 Å². The molecule has 0 radical (unpaired) electrons. The summed E-state index contributed by atoms with van der Waals surface area (Å²) in [4.78, 5) is 8.43. The highest BCUT2D eigenvalue weighted by Gasteiger charge is 2.00. The molecule has 1 aromatic carbocycles. The van der Waals surface area contributed by atoms with Crippen molar-refractivity contribution in [2.75, 3.05) is 17.7 Å². The summed E-state index contributed by atoms with van der Waals surface area (Å²) in [6.07, 6.45) is 3.39. The van der Waals surface area contributed by atoms with Gasteiger partial charge >= 0.3 is 0 Å². The van der Waals surface area contributed by atoms with Gasteiger partial charge in [0, 0.05) is 18.1 Å². The van der Waals surface area contributed by atoms with Crippen LogP contribution in [0, 0.1) is 0 Å². The minimum Gasteiger partial charge on any atom is -0.372 e. The Kier molecular flexibility index (Phi) is 3.93. The summed E-state index contributed by atoms with van der Waals surface area (Å²) in [6, 6.07) is 8.09. The van der Waals surface area contributed by atoms with Crippen LogP contribution in [-0.4, -0.2) is 17.0 Å². The summed E-state index contributed by atoms with van der Waals surface area (Å²) in [6.45, 7) is 0.712. The third kappa shape index (κ3) is 3.17. The molecule has 0 saturated heterocycles. The zero-order chi connectivity index (χ0) is 12.1. The fourth-order valence-electron chi connectivity index (χ4n) is 1.40. The van der Waals surface area contributed by atoms with Gasteiger partial charge in [0.2, 0.25) is 0 Å². The van der Waals surface area contributed by atoms with E-state index in [1.807, 2.05) is 25.2 Å². The highest BCUT2D eigenvalue weighted by molar-refractivity contribution is 9.10. The van der Waals surface area contributed by atoms with E-state index in [2.05, 4.69) is 42.6 Å². The number of rotatable bonds is 4. The molecule has 2 rings (SSSR count). The van der Waals surface area contributed by atoms with E-state index >= 15 is 0 Å². The maximum atomic E-state index is 4.34.